The summed E-state index contributed by atoms with van der Waals surface area (Å²) in [6.07, 6.45) is 12.2. The van der Waals surface area contributed by atoms with Crippen LogP contribution >= 0.6 is 0 Å². The average Bonchev–Trinajstić information content (AvgIpc) is 3.21. The van der Waals surface area contributed by atoms with Crippen LogP contribution in [0.4, 0.5) is 5.69 Å². The Bertz CT molecular complexity index is 1400. The summed E-state index contributed by atoms with van der Waals surface area (Å²) >= 11 is 0. The first-order chi connectivity index (χ1) is 20.3. The Balaban J connectivity index is 1.20. The Hall–Kier alpha value is -3.73. The Labute approximate surface area is 251 Å². The van der Waals surface area contributed by atoms with Gasteiger partial charge in [0.05, 0.1) is 17.6 Å². The van der Waals surface area contributed by atoms with Crippen molar-refractivity contribution in [3.63, 3.8) is 0 Å². The molecule has 0 radical (unpaired) electrons. The number of aromatic hydroxyl groups is 1. The van der Waals surface area contributed by atoms with Crippen molar-refractivity contribution >= 4 is 23.3 Å². The van der Waals surface area contributed by atoms with Gasteiger partial charge in [0.2, 0.25) is 0 Å². The second-order valence-corrected chi connectivity index (χ2v) is 13.2. The number of esters is 1. The molecule has 232 valence electrons. The number of rotatable bonds is 8. The second-order valence-electron chi connectivity index (χ2n) is 13.2. The maximum atomic E-state index is 12.6. The zero-order valence-electron chi connectivity index (χ0n) is 25.2. The summed E-state index contributed by atoms with van der Waals surface area (Å²) in [5.41, 5.74) is 1.08. The minimum atomic E-state index is -1.12. The smallest absolute Gasteiger partial charge is 0.328 e. The van der Waals surface area contributed by atoms with Gasteiger partial charge in [0.15, 0.2) is 12.4 Å². The third-order valence-corrected chi connectivity index (χ3v) is 11.0. The highest BCUT2D eigenvalue weighted by atomic mass is 16.6. The van der Waals surface area contributed by atoms with Crippen molar-refractivity contribution in [1.29, 1.82) is 0 Å². The number of allylic oxidation sites excluding steroid dienone is 4. The van der Waals surface area contributed by atoms with Gasteiger partial charge >= 0.3 is 11.7 Å². The van der Waals surface area contributed by atoms with Gasteiger partial charge in [-0.3, -0.25) is 14.9 Å². The molecule has 0 spiro atoms. The topological polar surface area (TPSA) is 161 Å². The Kier molecular flexibility index (Phi) is 8.15. The van der Waals surface area contributed by atoms with Gasteiger partial charge in [-0.1, -0.05) is 36.7 Å². The molecular weight excluding hydrogens is 554 g/mol. The number of nitrogens with one attached hydrogen (secondary N) is 1. The molecule has 4 aliphatic rings. The van der Waals surface area contributed by atoms with E-state index in [4.69, 9.17) is 9.57 Å². The number of benzene rings is 1. The Morgan fingerprint density at radius 3 is 2.65 bits per heavy atom. The number of fused-ring (bicyclic) bond motifs is 5. The Morgan fingerprint density at radius 2 is 1.93 bits per heavy atom. The van der Waals surface area contributed by atoms with Crippen LogP contribution in [0.5, 0.6) is 5.75 Å². The predicted octanol–water partition coefficient (Wildman–Crippen LogP) is 4.36. The monoisotopic (exact) mass is 595 g/mol. The molecule has 1 amide bonds. The molecule has 0 aromatic heterocycles. The summed E-state index contributed by atoms with van der Waals surface area (Å²) in [4.78, 5) is 40.7. The van der Waals surface area contributed by atoms with Crippen LogP contribution in [0.2, 0.25) is 0 Å². The standard InChI is InChI=1S/C32H41N3O8/c1-30-12-9-21(17-20(30)6-7-22-23(30)10-13-31(2)24(22)11-14-32(31,3)39)34-43-18-28(37)33-25(29(38)42-4)15-19-5-8-27(36)26(16-19)35(40)41/h5,8-9,12,16-17,22-25,36,39H,6-7,10-11,13-15,18H2,1-4H3,(H,33,37)/b34-21+/t22?,23?,24?,25?,30-,31-,32-/m0/s1. The summed E-state index contributed by atoms with van der Waals surface area (Å²) in [6, 6.07) is 2.62. The summed E-state index contributed by atoms with van der Waals surface area (Å²) in [7, 11) is 1.18. The maximum absolute atomic E-state index is 12.6. The number of carbonyl (C=O) groups excluding carboxylic acids is 2. The molecule has 5 rings (SSSR count). The normalized spacial score (nSPS) is 34.3. The largest absolute Gasteiger partial charge is 0.502 e. The van der Waals surface area contributed by atoms with Crippen LogP contribution in [0, 0.1) is 38.7 Å². The van der Waals surface area contributed by atoms with Crippen molar-refractivity contribution in [3.8, 4) is 5.75 Å². The number of aliphatic hydroxyl groups is 1. The summed E-state index contributed by atoms with van der Waals surface area (Å²) in [6.45, 7) is 6.18. The van der Waals surface area contributed by atoms with E-state index in [0.717, 1.165) is 50.7 Å². The highest BCUT2D eigenvalue weighted by Crippen LogP contribution is 2.66. The second kappa shape index (κ2) is 11.4. The molecule has 0 heterocycles. The number of hydrogen-bond donors (Lipinski definition) is 3. The van der Waals surface area contributed by atoms with Crippen molar-refractivity contribution < 1.29 is 34.3 Å². The van der Waals surface area contributed by atoms with Gasteiger partial charge < -0.3 is 25.1 Å². The van der Waals surface area contributed by atoms with Crippen LogP contribution in [0.3, 0.4) is 0 Å². The number of phenolic OH excluding ortho intramolecular Hbond substituents is 1. The third-order valence-electron chi connectivity index (χ3n) is 11.0. The molecule has 0 bridgehead atoms. The molecule has 4 unspecified atom stereocenters. The van der Waals surface area contributed by atoms with Crippen LogP contribution in [0.1, 0.15) is 64.9 Å². The lowest BCUT2D eigenvalue weighted by Crippen LogP contribution is -2.53. The lowest BCUT2D eigenvalue weighted by molar-refractivity contribution is -0.385. The number of nitro groups is 1. The molecular formula is C32H41N3O8. The van der Waals surface area contributed by atoms with E-state index in [0.29, 0.717) is 29.0 Å². The molecule has 11 nitrogen and oxygen atoms in total. The third kappa shape index (κ3) is 5.55. The summed E-state index contributed by atoms with van der Waals surface area (Å²) < 4.78 is 4.79. The first-order valence-corrected chi connectivity index (χ1v) is 14.9. The molecule has 3 fully saturated rings. The van der Waals surface area contributed by atoms with Gasteiger partial charge in [-0.25, -0.2) is 4.79 Å². The molecule has 1 aromatic rings. The van der Waals surface area contributed by atoms with Crippen LogP contribution in [0.25, 0.3) is 0 Å². The minimum Gasteiger partial charge on any atom is -0.502 e. The van der Waals surface area contributed by atoms with Crippen LogP contribution < -0.4 is 5.32 Å². The molecule has 0 aliphatic heterocycles. The lowest BCUT2D eigenvalue weighted by atomic mass is 9.47. The van der Waals surface area contributed by atoms with E-state index in [9.17, 15) is 29.9 Å². The van der Waals surface area contributed by atoms with E-state index >= 15 is 0 Å². The molecule has 11 heteroatoms. The van der Waals surface area contributed by atoms with E-state index in [1.54, 1.807) is 0 Å². The molecule has 43 heavy (non-hydrogen) atoms. The number of amides is 1. The number of nitro benzene ring substituents is 1. The predicted molar refractivity (Wildman–Crippen MR) is 158 cm³/mol. The fourth-order valence-corrected chi connectivity index (χ4v) is 8.32. The number of hydrogen-bond acceptors (Lipinski definition) is 9. The average molecular weight is 596 g/mol. The maximum Gasteiger partial charge on any atom is 0.328 e. The number of ether oxygens (including phenoxy) is 1. The fourth-order valence-electron chi connectivity index (χ4n) is 8.32. The summed E-state index contributed by atoms with van der Waals surface area (Å²) in [5.74, 6) is -0.214. The Morgan fingerprint density at radius 1 is 1.19 bits per heavy atom. The SMILES string of the molecule is COC(=O)C(Cc1ccc(O)c([N+](=O)[O-])c1)NC(=O)CO/N=C1\C=C[C@@]2(C)C(=C1)CCC1C2CC[C@@]2(C)C1CC[C@]2(C)O. The van der Waals surface area contributed by atoms with E-state index < -0.39 is 46.5 Å². The quantitative estimate of drug-likeness (QED) is 0.227. The van der Waals surface area contributed by atoms with E-state index in [2.05, 4.69) is 36.5 Å². The van der Waals surface area contributed by atoms with Gasteiger partial charge in [-0.15, -0.1) is 0 Å². The number of carbonyl (C=O) groups is 2. The number of nitrogens with zero attached hydrogens (tertiary/aromatic N) is 2. The number of methoxy groups -OCH3 is 1. The highest BCUT2D eigenvalue weighted by Gasteiger charge is 2.62. The van der Waals surface area contributed by atoms with Crippen LogP contribution in [-0.2, 0) is 25.6 Å². The minimum absolute atomic E-state index is 0.0277. The number of phenols is 1. The van der Waals surface area contributed by atoms with E-state index in [-0.39, 0.29) is 17.3 Å². The zero-order chi connectivity index (χ0) is 31.2. The first-order valence-electron chi connectivity index (χ1n) is 14.9. The lowest BCUT2D eigenvalue weighted by Gasteiger charge is -2.58. The molecule has 3 saturated carbocycles. The van der Waals surface area contributed by atoms with E-state index in [1.807, 2.05) is 13.0 Å². The zero-order valence-corrected chi connectivity index (χ0v) is 25.2. The fraction of sp³-hybridized carbons (Fsp3) is 0.594. The molecule has 4 aliphatic carbocycles. The van der Waals surface area contributed by atoms with Crippen LogP contribution in [-0.4, -0.2) is 58.1 Å². The van der Waals surface area contributed by atoms with Gasteiger partial charge in [0.25, 0.3) is 5.91 Å². The summed E-state index contributed by atoms with van der Waals surface area (Å²) in [5, 5.41) is 38.7. The van der Waals surface area contributed by atoms with Gasteiger partial charge in [0.1, 0.15) is 11.8 Å². The van der Waals surface area contributed by atoms with Gasteiger partial charge in [0, 0.05) is 17.9 Å². The van der Waals surface area contributed by atoms with Crippen molar-refractivity contribution in [1.82, 2.24) is 5.32 Å². The van der Waals surface area contributed by atoms with Crippen molar-refractivity contribution in [2.45, 2.75) is 77.4 Å². The van der Waals surface area contributed by atoms with Gasteiger partial charge in [-0.05, 0) is 92.4 Å². The van der Waals surface area contributed by atoms with E-state index in [1.165, 1.54) is 18.7 Å². The van der Waals surface area contributed by atoms with Crippen molar-refractivity contribution in [3.05, 3.63) is 57.7 Å². The molecule has 7 atom stereocenters. The highest BCUT2D eigenvalue weighted by molar-refractivity contribution is 6.05. The van der Waals surface area contributed by atoms with Crippen molar-refractivity contribution in [2.24, 2.45) is 33.7 Å². The van der Waals surface area contributed by atoms with Gasteiger partial charge in [-0.2, -0.15) is 0 Å². The molecule has 3 N–H and O–H groups in total. The first kappa shape index (κ1) is 30.7. The van der Waals surface area contributed by atoms with Crippen LogP contribution in [0.15, 0.2) is 47.2 Å². The molecule has 1 aromatic carbocycles. The number of oxime groups is 1. The van der Waals surface area contributed by atoms with Crippen molar-refractivity contribution in [2.75, 3.05) is 13.7 Å². The molecule has 0 saturated heterocycles.